The van der Waals surface area contributed by atoms with E-state index in [9.17, 15) is 9.90 Å². The summed E-state index contributed by atoms with van der Waals surface area (Å²) < 4.78 is 34.0. The number of benzene rings is 2. The largest absolute Gasteiger partial charge is 0.497 e. The van der Waals surface area contributed by atoms with Gasteiger partial charge in [0.25, 0.3) is 0 Å². The average Bonchev–Trinajstić information content (AvgIpc) is 2.90. The van der Waals surface area contributed by atoms with Crippen LogP contribution in [0.3, 0.4) is 0 Å². The quantitative estimate of drug-likeness (QED) is 0.262. The second kappa shape index (κ2) is 14.0. The number of unbranched alkanes of at least 4 members (excludes halogenated alkanes) is 1. The highest BCUT2D eigenvalue weighted by Gasteiger charge is 2.50. The third kappa shape index (κ3) is 7.62. The smallest absolute Gasteiger partial charge is 0.337 e. The summed E-state index contributed by atoms with van der Waals surface area (Å²) in [7, 11) is 2.87. The van der Waals surface area contributed by atoms with Gasteiger partial charge in [-0.2, -0.15) is 0 Å². The van der Waals surface area contributed by atoms with E-state index in [1.807, 2.05) is 54.6 Å². The first-order valence-electron chi connectivity index (χ1n) is 11.6. The Bertz CT molecular complexity index is 901. The maximum absolute atomic E-state index is 12.7. The molecule has 1 heterocycles. The topological polar surface area (TPSA) is 92.7 Å². The summed E-state index contributed by atoms with van der Waals surface area (Å²) in [6, 6.07) is 16.9. The fourth-order valence-electron chi connectivity index (χ4n) is 3.75. The first-order chi connectivity index (χ1) is 17.1. The van der Waals surface area contributed by atoms with Gasteiger partial charge in [-0.1, -0.05) is 48.5 Å². The van der Waals surface area contributed by atoms with Gasteiger partial charge in [-0.25, -0.2) is 4.79 Å². The Balaban J connectivity index is 1.79. The molecule has 0 radical (unpaired) electrons. The van der Waals surface area contributed by atoms with E-state index < -0.39 is 36.7 Å². The molecule has 1 saturated heterocycles. The highest BCUT2D eigenvalue weighted by atomic mass is 16.7. The molecular weight excluding hydrogens is 452 g/mol. The van der Waals surface area contributed by atoms with E-state index in [4.69, 9.17) is 28.4 Å². The van der Waals surface area contributed by atoms with Crippen molar-refractivity contribution in [3.63, 3.8) is 0 Å². The van der Waals surface area contributed by atoms with Gasteiger partial charge >= 0.3 is 5.97 Å². The molecule has 5 atom stereocenters. The molecular formula is C27H34O8. The molecule has 1 fully saturated rings. The summed E-state index contributed by atoms with van der Waals surface area (Å²) in [5, 5.41) is 11.1. The zero-order valence-electron chi connectivity index (χ0n) is 20.2. The molecule has 1 N–H and O–H groups in total. The Morgan fingerprint density at radius 3 is 2.26 bits per heavy atom. The van der Waals surface area contributed by atoms with Crippen molar-refractivity contribution in [2.24, 2.45) is 0 Å². The van der Waals surface area contributed by atoms with Crippen LogP contribution in [0.25, 0.3) is 0 Å². The highest BCUT2D eigenvalue weighted by Crippen LogP contribution is 2.29. The summed E-state index contributed by atoms with van der Waals surface area (Å²) in [6.45, 7) is 4.39. The van der Waals surface area contributed by atoms with Gasteiger partial charge in [-0.3, -0.25) is 0 Å². The van der Waals surface area contributed by atoms with Crippen molar-refractivity contribution in [2.45, 2.75) is 56.8 Å². The van der Waals surface area contributed by atoms with Crippen LogP contribution < -0.4 is 4.74 Å². The number of carbonyl (C=O) groups excluding carboxylic acids is 1. The van der Waals surface area contributed by atoms with Crippen molar-refractivity contribution in [1.82, 2.24) is 0 Å². The maximum atomic E-state index is 12.7. The Morgan fingerprint density at radius 2 is 1.63 bits per heavy atom. The van der Waals surface area contributed by atoms with Gasteiger partial charge in [-0.05, 0) is 36.1 Å². The molecule has 0 aliphatic carbocycles. The zero-order chi connectivity index (χ0) is 25.0. The summed E-state index contributed by atoms with van der Waals surface area (Å²) in [5.41, 5.74) is 1.77. The Kier molecular flexibility index (Phi) is 10.7. The number of methoxy groups -OCH3 is 2. The molecule has 3 rings (SSSR count). The third-order valence-electron chi connectivity index (χ3n) is 5.67. The third-order valence-corrected chi connectivity index (χ3v) is 5.67. The summed E-state index contributed by atoms with van der Waals surface area (Å²) >= 11 is 0. The summed E-state index contributed by atoms with van der Waals surface area (Å²) in [4.78, 5) is 12.7. The zero-order valence-corrected chi connectivity index (χ0v) is 20.2. The first-order valence-corrected chi connectivity index (χ1v) is 11.6. The second-order valence-electron chi connectivity index (χ2n) is 8.13. The number of esters is 1. The molecule has 2 aromatic carbocycles. The minimum Gasteiger partial charge on any atom is -0.497 e. The minimum atomic E-state index is -1.19. The van der Waals surface area contributed by atoms with Gasteiger partial charge in [-0.15, -0.1) is 6.58 Å². The number of aliphatic hydroxyl groups is 1. The average molecular weight is 487 g/mol. The van der Waals surface area contributed by atoms with Crippen LogP contribution in [0.5, 0.6) is 5.75 Å². The van der Waals surface area contributed by atoms with E-state index in [-0.39, 0.29) is 13.2 Å². The van der Waals surface area contributed by atoms with Crippen molar-refractivity contribution in [1.29, 1.82) is 0 Å². The normalized spacial score (nSPS) is 24.0. The molecule has 8 nitrogen and oxygen atoms in total. The lowest BCUT2D eigenvalue weighted by atomic mass is 9.98. The molecule has 8 heteroatoms. The number of hydrogen-bond donors (Lipinski definition) is 1. The molecule has 0 spiro atoms. The highest BCUT2D eigenvalue weighted by molar-refractivity contribution is 5.75. The predicted molar refractivity (Wildman–Crippen MR) is 129 cm³/mol. The van der Waals surface area contributed by atoms with Crippen LogP contribution in [0.4, 0.5) is 0 Å². The van der Waals surface area contributed by atoms with Crippen LogP contribution in [0.15, 0.2) is 67.3 Å². The van der Waals surface area contributed by atoms with E-state index in [0.29, 0.717) is 13.0 Å². The number of aliphatic hydroxyl groups excluding tert-OH is 1. The van der Waals surface area contributed by atoms with E-state index in [1.165, 1.54) is 7.11 Å². The van der Waals surface area contributed by atoms with Gasteiger partial charge in [0.15, 0.2) is 12.4 Å². The standard InChI is InChI=1S/C27H34O8/c1-4-5-9-16-32-27-22(28)23(33-17-19-10-7-6-8-11-19)24(25(35-27)26(29)31-3)34-18-20-12-14-21(30-2)15-13-20/h4,6-8,10-15,22-25,27-28H,1,5,9,16-18H2,2-3H3/t22-,23+,24-,25+,27+/m0/s1. The first kappa shape index (κ1) is 26.8. The van der Waals surface area contributed by atoms with E-state index >= 15 is 0 Å². The van der Waals surface area contributed by atoms with Gasteiger partial charge in [0.05, 0.1) is 34.0 Å². The molecule has 35 heavy (non-hydrogen) atoms. The molecule has 0 aromatic heterocycles. The lowest BCUT2D eigenvalue weighted by Crippen LogP contribution is -2.62. The molecule has 0 unspecified atom stereocenters. The molecule has 2 aromatic rings. The van der Waals surface area contributed by atoms with Crippen molar-refractivity contribution in [2.75, 3.05) is 20.8 Å². The van der Waals surface area contributed by atoms with Crippen molar-refractivity contribution in [3.8, 4) is 5.75 Å². The second-order valence-corrected chi connectivity index (χ2v) is 8.13. The Labute approximate surface area is 206 Å². The molecule has 1 aliphatic rings. The van der Waals surface area contributed by atoms with E-state index in [0.717, 1.165) is 23.3 Å². The molecule has 1 aliphatic heterocycles. The minimum absolute atomic E-state index is 0.161. The van der Waals surface area contributed by atoms with Gasteiger partial charge in [0.1, 0.15) is 24.1 Å². The Hall–Kier alpha value is -2.75. The van der Waals surface area contributed by atoms with Crippen molar-refractivity contribution >= 4 is 5.97 Å². The lowest BCUT2D eigenvalue weighted by Gasteiger charge is -2.43. The van der Waals surface area contributed by atoms with E-state index in [1.54, 1.807) is 13.2 Å². The molecule has 0 amide bonds. The monoisotopic (exact) mass is 486 g/mol. The van der Waals surface area contributed by atoms with E-state index in [2.05, 4.69) is 6.58 Å². The predicted octanol–water partition coefficient (Wildman–Crippen LogP) is 3.41. The van der Waals surface area contributed by atoms with Crippen LogP contribution in [-0.4, -0.2) is 62.6 Å². The van der Waals surface area contributed by atoms with Gasteiger partial charge < -0.3 is 33.5 Å². The molecule has 0 saturated carbocycles. The molecule has 0 bridgehead atoms. The van der Waals surface area contributed by atoms with Crippen molar-refractivity contribution in [3.05, 3.63) is 78.4 Å². The number of allylic oxidation sites excluding steroid dienone is 1. The number of rotatable bonds is 13. The van der Waals surface area contributed by atoms with Gasteiger partial charge in [0, 0.05) is 0 Å². The van der Waals surface area contributed by atoms with Crippen LogP contribution in [-0.2, 0) is 41.7 Å². The van der Waals surface area contributed by atoms with Crippen LogP contribution in [0.2, 0.25) is 0 Å². The SMILES string of the molecule is C=CCCCO[C@@H]1O[C@@H](C(=O)OC)[C@@H](OCc2ccc(OC)cc2)[C@H](OCc2ccccc2)[C@@H]1O. The maximum Gasteiger partial charge on any atom is 0.337 e. The Morgan fingerprint density at radius 1 is 0.971 bits per heavy atom. The summed E-state index contributed by atoms with van der Waals surface area (Å²) in [6.07, 6.45) is -2.02. The number of carbonyl (C=O) groups is 1. The fraction of sp³-hybridized carbons (Fsp3) is 0.444. The molecule has 190 valence electrons. The van der Waals surface area contributed by atoms with Crippen molar-refractivity contribution < 1.29 is 38.3 Å². The number of ether oxygens (including phenoxy) is 6. The summed E-state index contributed by atoms with van der Waals surface area (Å²) in [5.74, 6) is 0.0859. The van der Waals surface area contributed by atoms with Crippen LogP contribution >= 0.6 is 0 Å². The van der Waals surface area contributed by atoms with Gasteiger partial charge in [0.2, 0.25) is 0 Å². The van der Waals surface area contributed by atoms with Crippen LogP contribution in [0.1, 0.15) is 24.0 Å². The fourth-order valence-corrected chi connectivity index (χ4v) is 3.75. The van der Waals surface area contributed by atoms with Crippen LogP contribution in [0, 0.1) is 0 Å². The lowest BCUT2D eigenvalue weighted by molar-refractivity contribution is -0.310. The number of hydrogen-bond acceptors (Lipinski definition) is 8.